The van der Waals surface area contributed by atoms with Crippen LogP contribution in [0.3, 0.4) is 0 Å². The number of hydrogen-bond acceptors (Lipinski definition) is 5. The Kier molecular flexibility index (Phi) is 7.20. The average molecular weight is 392 g/mol. The van der Waals surface area contributed by atoms with Gasteiger partial charge < -0.3 is 19.1 Å². The molecule has 27 heavy (non-hydrogen) atoms. The third kappa shape index (κ3) is 7.28. The summed E-state index contributed by atoms with van der Waals surface area (Å²) in [5.41, 5.74) is 2.54. The van der Waals surface area contributed by atoms with Crippen LogP contribution in [0, 0.1) is 6.92 Å². The van der Waals surface area contributed by atoms with Crippen LogP contribution in [0.25, 0.3) is 0 Å². The van der Waals surface area contributed by atoms with E-state index in [0.29, 0.717) is 18.8 Å². The summed E-state index contributed by atoms with van der Waals surface area (Å²) in [5, 5.41) is 2.86. The van der Waals surface area contributed by atoms with E-state index in [1.807, 2.05) is 31.2 Å². The van der Waals surface area contributed by atoms with Gasteiger partial charge >= 0.3 is 16.1 Å². The highest BCUT2D eigenvalue weighted by Gasteiger charge is 2.15. The van der Waals surface area contributed by atoms with Crippen LogP contribution in [-0.2, 0) is 21.4 Å². The molecule has 0 radical (unpaired) electrons. The second-order valence-corrected chi connectivity index (χ2v) is 7.72. The van der Waals surface area contributed by atoms with Crippen LogP contribution >= 0.6 is 0 Å². The molecule has 0 fully saturated rings. The van der Waals surface area contributed by atoms with E-state index in [2.05, 4.69) is 5.32 Å². The molecule has 146 valence electrons. The number of anilines is 1. The van der Waals surface area contributed by atoms with Crippen LogP contribution in [0.4, 0.5) is 10.5 Å². The summed E-state index contributed by atoms with van der Waals surface area (Å²) in [6.07, 6.45) is 0.986. The number of urea groups is 1. The Bertz CT molecular complexity index is 866. The fraction of sp³-hybridized carbons (Fsp3) is 0.316. The van der Waals surface area contributed by atoms with Crippen LogP contribution < -0.4 is 9.50 Å². The molecule has 0 aliphatic carbocycles. The van der Waals surface area contributed by atoms with Crippen molar-refractivity contribution in [3.05, 3.63) is 59.7 Å². The summed E-state index contributed by atoms with van der Waals surface area (Å²) in [6.45, 7) is 3.01. The van der Waals surface area contributed by atoms with Crippen molar-refractivity contribution < 1.29 is 22.1 Å². The van der Waals surface area contributed by atoms with Crippen molar-refractivity contribution >= 4 is 21.8 Å². The van der Waals surface area contributed by atoms with Crippen molar-refractivity contribution in [3.8, 4) is 5.75 Å². The van der Waals surface area contributed by atoms with Crippen molar-refractivity contribution in [3.63, 3.8) is 0 Å². The predicted octanol–water partition coefficient (Wildman–Crippen LogP) is 3.01. The van der Waals surface area contributed by atoms with Gasteiger partial charge in [-0.1, -0.05) is 29.8 Å². The minimum absolute atomic E-state index is 0.209. The number of rotatable bonds is 8. The molecule has 0 unspecified atom stereocenters. The number of amides is 2. The summed E-state index contributed by atoms with van der Waals surface area (Å²) in [4.78, 5) is 14.2. The number of hydrogen-bond donors (Lipinski definition) is 1. The third-order valence-electron chi connectivity index (χ3n) is 3.67. The first-order valence-corrected chi connectivity index (χ1v) is 10.2. The Balaban J connectivity index is 2.12. The first-order chi connectivity index (χ1) is 12.8. The Morgan fingerprint density at radius 2 is 1.85 bits per heavy atom. The molecule has 0 saturated carbocycles. The molecule has 0 atom stereocenters. The number of nitrogens with one attached hydrogen (secondary N) is 1. The van der Waals surface area contributed by atoms with E-state index in [1.54, 1.807) is 36.3 Å². The first-order valence-electron chi connectivity index (χ1n) is 8.37. The summed E-state index contributed by atoms with van der Waals surface area (Å²) < 4.78 is 32.6. The van der Waals surface area contributed by atoms with E-state index in [0.717, 1.165) is 17.4 Å². The molecule has 0 aromatic heterocycles. The number of methoxy groups -OCH3 is 1. The van der Waals surface area contributed by atoms with Gasteiger partial charge in [0.2, 0.25) is 0 Å². The van der Waals surface area contributed by atoms with Crippen molar-refractivity contribution in [1.82, 2.24) is 4.90 Å². The fourth-order valence-corrected chi connectivity index (χ4v) is 2.84. The molecule has 2 amide bonds. The molecule has 0 heterocycles. The van der Waals surface area contributed by atoms with Crippen molar-refractivity contribution in [2.75, 3.05) is 31.8 Å². The second kappa shape index (κ2) is 9.38. The zero-order chi connectivity index (χ0) is 19.9. The summed E-state index contributed by atoms with van der Waals surface area (Å²) in [7, 11) is -2.04. The van der Waals surface area contributed by atoms with Crippen molar-refractivity contribution in [1.29, 1.82) is 0 Å². The average Bonchev–Trinajstić information content (AvgIpc) is 2.59. The summed E-state index contributed by atoms with van der Waals surface area (Å²) >= 11 is 0. The van der Waals surface area contributed by atoms with Crippen LogP contribution in [-0.4, -0.2) is 45.9 Å². The van der Waals surface area contributed by atoms with Gasteiger partial charge in [-0.15, -0.1) is 0 Å². The third-order valence-corrected chi connectivity index (χ3v) is 4.17. The van der Waals surface area contributed by atoms with Crippen LogP contribution in [0.5, 0.6) is 5.75 Å². The lowest BCUT2D eigenvalue weighted by atomic mass is 10.2. The number of benzene rings is 2. The van der Waals surface area contributed by atoms with Gasteiger partial charge in [0.25, 0.3) is 0 Å². The maximum Gasteiger partial charge on any atom is 0.322 e. The van der Waals surface area contributed by atoms with Crippen molar-refractivity contribution in [2.24, 2.45) is 0 Å². The largest absolute Gasteiger partial charge is 0.383 e. The van der Waals surface area contributed by atoms with Gasteiger partial charge in [0, 0.05) is 25.9 Å². The van der Waals surface area contributed by atoms with Crippen molar-refractivity contribution in [2.45, 2.75) is 13.5 Å². The van der Waals surface area contributed by atoms with Crippen LogP contribution in [0.2, 0.25) is 0 Å². The highest BCUT2D eigenvalue weighted by molar-refractivity contribution is 7.86. The van der Waals surface area contributed by atoms with Gasteiger partial charge in [-0.25, -0.2) is 4.79 Å². The smallest absolute Gasteiger partial charge is 0.322 e. The SMILES string of the molecule is COCCN(Cc1cccc(OS(C)(=O)=O)c1)C(=O)Nc1ccc(C)cc1. The zero-order valence-electron chi connectivity index (χ0n) is 15.6. The number of ether oxygens (including phenoxy) is 1. The quantitative estimate of drug-likeness (QED) is 0.698. The Morgan fingerprint density at radius 1 is 1.15 bits per heavy atom. The topological polar surface area (TPSA) is 84.9 Å². The van der Waals surface area contributed by atoms with Crippen LogP contribution in [0.15, 0.2) is 48.5 Å². The normalized spacial score (nSPS) is 11.1. The Hall–Kier alpha value is -2.58. The van der Waals surface area contributed by atoms with Gasteiger partial charge in [-0.05, 0) is 36.8 Å². The van der Waals surface area contributed by atoms with Gasteiger partial charge in [-0.2, -0.15) is 8.42 Å². The molecule has 0 saturated heterocycles. The molecule has 8 heteroatoms. The Morgan fingerprint density at radius 3 is 2.48 bits per heavy atom. The fourth-order valence-electron chi connectivity index (χ4n) is 2.38. The molecule has 0 aliphatic heterocycles. The number of carbonyl (C=O) groups excluding carboxylic acids is 1. The van der Waals surface area contributed by atoms with Gasteiger partial charge in [0.1, 0.15) is 5.75 Å². The number of carbonyl (C=O) groups is 1. The van der Waals surface area contributed by atoms with E-state index in [1.165, 1.54) is 0 Å². The molecular formula is C19H24N2O5S. The van der Waals surface area contributed by atoms with E-state index in [-0.39, 0.29) is 18.3 Å². The number of nitrogens with zero attached hydrogens (tertiary/aromatic N) is 1. The van der Waals surface area contributed by atoms with E-state index < -0.39 is 10.1 Å². The van der Waals surface area contributed by atoms with E-state index in [9.17, 15) is 13.2 Å². The van der Waals surface area contributed by atoms with Gasteiger partial charge in [0.05, 0.1) is 12.9 Å². The van der Waals surface area contributed by atoms with Gasteiger partial charge in [-0.3, -0.25) is 0 Å². The van der Waals surface area contributed by atoms with E-state index in [4.69, 9.17) is 8.92 Å². The maximum atomic E-state index is 12.7. The molecule has 2 aromatic rings. The second-order valence-electron chi connectivity index (χ2n) is 6.15. The molecule has 1 N–H and O–H groups in total. The molecule has 0 bridgehead atoms. The standard InChI is InChI=1S/C19H24N2O5S/c1-15-7-9-17(10-8-15)20-19(22)21(11-12-25-2)14-16-5-4-6-18(13-16)26-27(3,23)24/h4-10,13H,11-12,14H2,1-3H3,(H,20,22). The molecule has 2 aromatic carbocycles. The molecule has 7 nitrogen and oxygen atoms in total. The lowest BCUT2D eigenvalue weighted by Crippen LogP contribution is -2.36. The Labute approximate surface area is 160 Å². The summed E-state index contributed by atoms with van der Waals surface area (Å²) in [6, 6.07) is 13.9. The van der Waals surface area contributed by atoms with Crippen LogP contribution in [0.1, 0.15) is 11.1 Å². The predicted molar refractivity (Wildman–Crippen MR) is 104 cm³/mol. The highest BCUT2D eigenvalue weighted by Crippen LogP contribution is 2.17. The molecule has 0 aliphatic rings. The summed E-state index contributed by atoms with van der Waals surface area (Å²) in [5.74, 6) is 0.209. The molecule has 2 rings (SSSR count). The monoisotopic (exact) mass is 392 g/mol. The van der Waals surface area contributed by atoms with Gasteiger partial charge in [0.15, 0.2) is 0 Å². The maximum absolute atomic E-state index is 12.7. The minimum Gasteiger partial charge on any atom is -0.383 e. The molecule has 0 spiro atoms. The first kappa shape index (κ1) is 20.7. The van der Waals surface area contributed by atoms with E-state index >= 15 is 0 Å². The molecular weight excluding hydrogens is 368 g/mol. The highest BCUT2D eigenvalue weighted by atomic mass is 32.2. The minimum atomic E-state index is -3.61. The number of aryl methyl sites for hydroxylation is 1. The zero-order valence-corrected chi connectivity index (χ0v) is 16.5. The lowest BCUT2D eigenvalue weighted by Gasteiger charge is -2.23. The lowest BCUT2D eigenvalue weighted by molar-refractivity contribution is 0.153.